The Kier molecular flexibility index (Phi) is 8.80. The summed E-state index contributed by atoms with van der Waals surface area (Å²) in [5.74, 6) is 0.870. The second-order valence-electron chi connectivity index (χ2n) is 11.0. The monoisotopic (exact) mass is 470 g/mol. The van der Waals surface area contributed by atoms with Gasteiger partial charge in [-0.3, -0.25) is 0 Å². The summed E-state index contributed by atoms with van der Waals surface area (Å²) < 4.78 is 23.4. The van der Waals surface area contributed by atoms with Gasteiger partial charge in [-0.05, 0) is 59.9 Å². The van der Waals surface area contributed by atoms with Crippen molar-refractivity contribution in [3.63, 3.8) is 0 Å². The summed E-state index contributed by atoms with van der Waals surface area (Å²) in [5.41, 5.74) is 4.21. The second kappa shape index (κ2) is 11.2. The van der Waals surface area contributed by atoms with Crippen molar-refractivity contribution >= 4 is 0 Å². The molecule has 1 N–H and O–H groups in total. The summed E-state index contributed by atoms with van der Waals surface area (Å²) in [5, 5.41) is 11.3. The minimum absolute atomic E-state index is 0.0239. The van der Waals surface area contributed by atoms with Crippen molar-refractivity contribution in [3.8, 4) is 5.75 Å². The first kappa shape index (κ1) is 26.7. The molecule has 1 aromatic rings. The molecular formula is C29H42O5. The van der Waals surface area contributed by atoms with Gasteiger partial charge >= 0.3 is 0 Å². The standard InChI is InChI=1S/C29H42O5/c1-8-21(16-32-17-22-10-12-23(31-7)13-11-22)15-25(30)24-14-9-20(2)26(29(24,5)6)27-33-18-28(3,4)19-34-27/h8,10-13,15,24-25,27,30H,1,9,14,16-19H2,2-7H3/b21-15-/t24-,25-/m0/s1. The van der Waals surface area contributed by atoms with Gasteiger partial charge in [0.1, 0.15) is 5.75 Å². The molecule has 0 bridgehead atoms. The molecule has 1 aromatic carbocycles. The van der Waals surface area contributed by atoms with Crippen LogP contribution < -0.4 is 4.74 Å². The zero-order chi connectivity index (χ0) is 24.9. The van der Waals surface area contributed by atoms with E-state index in [0.717, 1.165) is 29.7 Å². The van der Waals surface area contributed by atoms with E-state index in [-0.39, 0.29) is 23.0 Å². The summed E-state index contributed by atoms with van der Waals surface area (Å²) >= 11 is 0. The van der Waals surface area contributed by atoms with Gasteiger partial charge < -0.3 is 24.1 Å². The number of methoxy groups -OCH3 is 1. The van der Waals surface area contributed by atoms with Crippen LogP contribution in [0.4, 0.5) is 0 Å². The highest BCUT2D eigenvalue weighted by atomic mass is 16.7. The van der Waals surface area contributed by atoms with Crippen LogP contribution in [0.1, 0.15) is 53.0 Å². The van der Waals surface area contributed by atoms with Crippen molar-refractivity contribution in [2.75, 3.05) is 26.9 Å². The van der Waals surface area contributed by atoms with Gasteiger partial charge in [0.25, 0.3) is 0 Å². The Bertz CT molecular complexity index is 884. The molecule has 1 saturated heterocycles. The summed E-state index contributed by atoms with van der Waals surface area (Å²) in [7, 11) is 1.65. The van der Waals surface area contributed by atoms with Crippen LogP contribution in [0.25, 0.3) is 0 Å². The fraction of sp³-hybridized carbons (Fsp3) is 0.586. The topological polar surface area (TPSA) is 57.2 Å². The molecule has 1 heterocycles. The maximum atomic E-state index is 11.3. The lowest BCUT2D eigenvalue weighted by Gasteiger charge is -2.47. The van der Waals surface area contributed by atoms with Gasteiger partial charge in [0.2, 0.25) is 0 Å². The van der Waals surface area contributed by atoms with E-state index >= 15 is 0 Å². The SMILES string of the molecule is C=C/C(=C/[C@H](O)[C@@H]1CCC(C)=C(C2OCC(C)(C)CO2)C1(C)C)COCc1ccc(OC)cc1. The molecule has 34 heavy (non-hydrogen) atoms. The molecule has 0 spiro atoms. The molecule has 1 fully saturated rings. The molecule has 5 nitrogen and oxygen atoms in total. The van der Waals surface area contributed by atoms with Crippen LogP contribution in [-0.4, -0.2) is 44.4 Å². The molecule has 2 atom stereocenters. The number of allylic oxidation sites excluding steroid dienone is 1. The van der Waals surface area contributed by atoms with E-state index < -0.39 is 6.10 Å². The first-order valence-corrected chi connectivity index (χ1v) is 12.2. The zero-order valence-electron chi connectivity index (χ0n) is 21.7. The molecule has 1 aliphatic carbocycles. The van der Waals surface area contributed by atoms with Crippen LogP contribution in [0.2, 0.25) is 0 Å². The first-order valence-electron chi connectivity index (χ1n) is 12.2. The minimum Gasteiger partial charge on any atom is -0.497 e. The molecule has 0 unspecified atom stereocenters. The first-order chi connectivity index (χ1) is 16.1. The van der Waals surface area contributed by atoms with E-state index in [1.54, 1.807) is 13.2 Å². The lowest BCUT2D eigenvalue weighted by molar-refractivity contribution is -0.211. The smallest absolute Gasteiger partial charge is 0.180 e. The highest BCUT2D eigenvalue weighted by Crippen LogP contribution is 2.49. The quantitative estimate of drug-likeness (QED) is 0.363. The minimum atomic E-state index is -0.615. The maximum absolute atomic E-state index is 11.3. The van der Waals surface area contributed by atoms with Gasteiger partial charge in [-0.1, -0.05) is 64.1 Å². The van der Waals surface area contributed by atoms with Crippen molar-refractivity contribution in [1.29, 1.82) is 0 Å². The summed E-state index contributed by atoms with van der Waals surface area (Å²) in [6.07, 6.45) is 4.56. The van der Waals surface area contributed by atoms with Crippen molar-refractivity contribution in [2.45, 2.75) is 66.5 Å². The molecule has 2 aliphatic rings. The fourth-order valence-electron chi connectivity index (χ4n) is 5.10. The van der Waals surface area contributed by atoms with Crippen molar-refractivity contribution < 1.29 is 24.1 Å². The molecule has 1 aliphatic heterocycles. The Morgan fingerprint density at radius 1 is 1.18 bits per heavy atom. The lowest BCUT2D eigenvalue weighted by Crippen LogP contribution is -2.46. The Morgan fingerprint density at radius 3 is 2.41 bits per heavy atom. The molecule has 188 valence electrons. The number of aliphatic hydroxyl groups is 1. The van der Waals surface area contributed by atoms with Gasteiger partial charge in [-0.15, -0.1) is 0 Å². The Morgan fingerprint density at radius 2 is 1.82 bits per heavy atom. The highest BCUT2D eigenvalue weighted by Gasteiger charge is 2.45. The normalized spacial score (nSPS) is 24.1. The van der Waals surface area contributed by atoms with Crippen LogP contribution in [-0.2, 0) is 20.8 Å². The number of hydrogen-bond donors (Lipinski definition) is 1. The van der Waals surface area contributed by atoms with Gasteiger partial charge in [0, 0.05) is 5.41 Å². The molecule has 0 radical (unpaired) electrons. The largest absolute Gasteiger partial charge is 0.497 e. The molecule has 0 saturated carbocycles. The summed E-state index contributed by atoms with van der Waals surface area (Å²) in [4.78, 5) is 0. The number of benzene rings is 1. The molecule has 3 rings (SSSR count). The van der Waals surface area contributed by atoms with Crippen LogP contribution in [0, 0.1) is 16.7 Å². The van der Waals surface area contributed by atoms with E-state index in [1.165, 1.54) is 11.1 Å². The zero-order valence-corrected chi connectivity index (χ0v) is 21.7. The number of ether oxygens (including phenoxy) is 4. The summed E-state index contributed by atoms with van der Waals surface area (Å²) in [6.45, 7) is 17.0. The number of hydrogen-bond acceptors (Lipinski definition) is 5. The van der Waals surface area contributed by atoms with Crippen LogP contribution in [0.3, 0.4) is 0 Å². The molecule has 5 heteroatoms. The third-order valence-corrected chi connectivity index (χ3v) is 7.15. The maximum Gasteiger partial charge on any atom is 0.180 e. The van der Waals surface area contributed by atoms with E-state index in [0.29, 0.717) is 26.4 Å². The number of aliphatic hydroxyl groups excluding tert-OH is 1. The van der Waals surface area contributed by atoms with Crippen LogP contribution >= 0.6 is 0 Å². The van der Waals surface area contributed by atoms with Crippen molar-refractivity contribution in [1.82, 2.24) is 0 Å². The summed E-state index contributed by atoms with van der Waals surface area (Å²) in [6, 6.07) is 7.82. The van der Waals surface area contributed by atoms with Gasteiger partial charge in [-0.25, -0.2) is 0 Å². The van der Waals surface area contributed by atoms with E-state index in [9.17, 15) is 5.11 Å². The molecular weight excluding hydrogens is 428 g/mol. The van der Waals surface area contributed by atoms with Crippen molar-refractivity contribution in [3.05, 3.63) is 65.3 Å². The van der Waals surface area contributed by atoms with Gasteiger partial charge in [-0.2, -0.15) is 0 Å². The van der Waals surface area contributed by atoms with Crippen LogP contribution in [0.5, 0.6) is 5.75 Å². The third-order valence-electron chi connectivity index (χ3n) is 7.15. The van der Waals surface area contributed by atoms with Gasteiger partial charge in [0.05, 0.1) is 39.6 Å². The third kappa shape index (κ3) is 6.39. The highest BCUT2D eigenvalue weighted by molar-refractivity contribution is 5.30. The average Bonchev–Trinajstić information content (AvgIpc) is 2.79. The Labute approximate surface area is 205 Å². The predicted molar refractivity (Wildman–Crippen MR) is 136 cm³/mol. The van der Waals surface area contributed by atoms with E-state index in [2.05, 4.69) is 41.2 Å². The number of rotatable bonds is 9. The fourth-order valence-corrected chi connectivity index (χ4v) is 5.10. The Balaban J connectivity index is 1.65. The lowest BCUT2D eigenvalue weighted by atomic mass is 9.63. The second-order valence-corrected chi connectivity index (χ2v) is 11.0. The molecule has 0 aromatic heterocycles. The van der Waals surface area contributed by atoms with E-state index in [4.69, 9.17) is 18.9 Å². The Hall–Kier alpha value is -1.92. The van der Waals surface area contributed by atoms with Crippen LogP contribution in [0.15, 0.2) is 59.7 Å². The average molecular weight is 471 g/mol. The van der Waals surface area contributed by atoms with Crippen molar-refractivity contribution in [2.24, 2.45) is 16.7 Å². The molecule has 0 amide bonds. The predicted octanol–water partition coefficient (Wildman–Crippen LogP) is 5.84. The van der Waals surface area contributed by atoms with E-state index in [1.807, 2.05) is 30.3 Å². The van der Waals surface area contributed by atoms with Gasteiger partial charge in [0.15, 0.2) is 6.29 Å².